The van der Waals surface area contributed by atoms with Crippen LogP contribution < -0.4 is 10.1 Å². The number of nitrogens with one attached hydrogen (secondary N) is 1. The zero-order valence-electron chi connectivity index (χ0n) is 15.5. The number of halogens is 3. The number of rotatable bonds is 6. The normalized spacial score (nSPS) is 10.9. The number of carbonyl (C=O) groups is 1. The highest BCUT2D eigenvalue weighted by Crippen LogP contribution is 2.35. The van der Waals surface area contributed by atoms with E-state index < -0.39 is 12.3 Å². The first-order valence-corrected chi connectivity index (χ1v) is 8.81. The van der Waals surface area contributed by atoms with Crippen molar-refractivity contribution in [2.75, 3.05) is 6.54 Å². The first kappa shape index (κ1) is 20.8. The van der Waals surface area contributed by atoms with Crippen LogP contribution in [-0.2, 0) is 0 Å². The first-order chi connectivity index (χ1) is 14.4. The fourth-order valence-electron chi connectivity index (χ4n) is 2.70. The highest BCUT2D eigenvalue weighted by Gasteiger charge is 2.32. The fraction of sp³-hybridized carbons (Fsp3) is 0.143. The van der Waals surface area contributed by atoms with Gasteiger partial charge in [-0.3, -0.25) is 4.79 Å². The van der Waals surface area contributed by atoms with Crippen molar-refractivity contribution in [3.8, 4) is 34.2 Å². The molecule has 6 nitrogen and oxygen atoms in total. The van der Waals surface area contributed by atoms with Crippen molar-refractivity contribution in [1.82, 2.24) is 15.3 Å². The van der Waals surface area contributed by atoms with Crippen molar-refractivity contribution in [3.63, 3.8) is 0 Å². The number of carbonyl (C=O) groups excluding carboxylic acids is 1. The van der Waals surface area contributed by atoms with Crippen LogP contribution in [0.4, 0.5) is 13.2 Å². The van der Waals surface area contributed by atoms with Gasteiger partial charge >= 0.3 is 6.36 Å². The molecule has 0 bridgehead atoms. The number of benzene rings is 2. The molecule has 0 spiro atoms. The molecule has 1 amide bonds. The summed E-state index contributed by atoms with van der Waals surface area (Å²) in [5.41, 5.74) is 1.76. The summed E-state index contributed by atoms with van der Waals surface area (Å²) in [5.74, 6) is -0.911. The van der Waals surface area contributed by atoms with Crippen LogP contribution in [0.5, 0.6) is 5.75 Å². The van der Waals surface area contributed by atoms with Crippen molar-refractivity contribution in [2.45, 2.75) is 12.8 Å². The highest BCUT2D eigenvalue weighted by molar-refractivity contribution is 5.91. The molecule has 0 aliphatic rings. The molecule has 2 aromatic carbocycles. The molecule has 152 valence electrons. The minimum Gasteiger partial charge on any atom is -0.405 e. The van der Waals surface area contributed by atoms with Gasteiger partial charge in [0.25, 0.3) is 5.91 Å². The van der Waals surface area contributed by atoms with Gasteiger partial charge in [-0.25, -0.2) is 9.97 Å². The molecule has 1 aromatic heterocycles. The number of hydrogen-bond donors (Lipinski definition) is 1. The monoisotopic (exact) mass is 412 g/mol. The summed E-state index contributed by atoms with van der Waals surface area (Å²) in [4.78, 5) is 20.2. The van der Waals surface area contributed by atoms with Crippen molar-refractivity contribution in [2.24, 2.45) is 0 Å². The van der Waals surface area contributed by atoms with E-state index in [2.05, 4.69) is 20.0 Å². The summed E-state index contributed by atoms with van der Waals surface area (Å²) >= 11 is 0. The molecule has 3 aromatic rings. The molecule has 0 saturated heterocycles. The van der Waals surface area contributed by atoms with Crippen LogP contribution in [0.15, 0.2) is 60.8 Å². The van der Waals surface area contributed by atoms with Gasteiger partial charge in [0.05, 0.1) is 18.2 Å². The number of amides is 1. The second kappa shape index (κ2) is 9.05. The summed E-state index contributed by atoms with van der Waals surface area (Å²) in [6.45, 7) is 0.175. The topological polar surface area (TPSA) is 87.9 Å². The molecule has 0 radical (unpaired) electrons. The van der Waals surface area contributed by atoms with Gasteiger partial charge in [-0.05, 0) is 23.8 Å². The Morgan fingerprint density at radius 3 is 2.63 bits per heavy atom. The SMILES string of the molecule is N#CCCNC(=O)c1nccc(-c2cccc(-c3ccccc3OC(F)(F)F)c2)n1. The number of para-hydroxylation sites is 1. The Balaban J connectivity index is 1.91. The van der Waals surface area contributed by atoms with E-state index in [-0.39, 0.29) is 30.1 Å². The van der Waals surface area contributed by atoms with E-state index in [0.717, 1.165) is 0 Å². The maximum Gasteiger partial charge on any atom is 0.573 e. The molecular formula is C21H15F3N4O2. The predicted octanol–water partition coefficient (Wildman–Crippen LogP) is 4.35. The number of alkyl halides is 3. The molecule has 9 heteroatoms. The predicted molar refractivity (Wildman–Crippen MR) is 102 cm³/mol. The molecule has 0 aliphatic carbocycles. The quantitative estimate of drug-likeness (QED) is 0.608. The van der Waals surface area contributed by atoms with Gasteiger partial charge < -0.3 is 10.1 Å². The molecule has 0 atom stereocenters. The third-order valence-corrected chi connectivity index (χ3v) is 3.96. The van der Waals surface area contributed by atoms with Gasteiger partial charge in [0.2, 0.25) is 5.82 Å². The average molecular weight is 412 g/mol. The van der Waals surface area contributed by atoms with Crippen LogP contribution in [0.2, 0.25) is 0 Å². The lowest BCUT2D eigenvalue weighted by molar-refractivity contribution is -0.274. The van der Waals surface area contributed by atoms with Gasteiger partial charge in [-0.15, -0.1) is 13.2 Å². The minimum absolute atomic E-state index is 0.0725. The molecule has 1 N–H and O–H groups in total. The largest absolute Gasteiger partial charge is 0.573 e. The lowest BCUT2D eigenvalue weighted by Gasteiger charge is -2.14. The van der Waals surface area contributed by atoms with Gasteiger partial charge in [-0.2, -0.15) is 5.26 Å². The van der Waals surface area contributed by atoms with Gasteiger partial charge in [0.1, 0.15) is 5.75 Å². The van der Waals surface area contributed by atoms with E-state index in [1.807, 2.05) is 6.07 Å². The van der Waals surface area contributed by atoms with E-state index in [9.17, 15) is 18.0 Å². The molecule has 0 unspecified atom stereocenters. The number of nitrogens with zero attached hydrogens (tertiary/aromatic N) is 3. The van der Waals surface area contributed by atoms with Crippen LogP contribution in [0, 0.1) is 11.3 Å². The van der Waals surface area contributed by atoms with Crippen molar-refractivity contribution < 1.29 is 22.7 Å². The van der Waals surface area contributed by atoms with Crippen molar-refractivity contribution in [3.05, 3.63) is 66.6 Å². The standard InChI is InChI=1S/C21H15F3N4O2/c22-21(23,24)30-18-8-2-1-7-16(18)14-5-3-6-15(13-14)17-9-12-26-19(28-17)20(29)27-11-4-10-25/h1-3,5-9,12-13H,4,11H2,(H,27,29). The summed E-state index contributed by atoms with van der Waals surface area (Å²) in [7, 11) is 0. The lowest BCUT2D eigenvalue weighted by Crippen LogP contribution is -2.26. The summed E-state index contributed by atoms with van der Waals surface area (Å²) in [6, 6.07) is 16.0. The highest BCUT2D eigenvalue weighted by atomic mass is 19.4. The third-order valence-electron chi connectivity index (χ3n) is 3.96. The van der Waals surface area contributed by atoms with Crippen LogP contribution in [0.25, 0.3) is 22.4 Å². The molecule has 0 saturated carbocycles. The fourth-order valence-corrected chi connectivity index (χ4v) is 2.70. The Kier molecular flexibility index (Phi) is 6.27. The molecule has 0 fully saturated rings. The lowest BCUT2D eigenvalue weighted by atomic mass is 10.0. The Hall–Kier alpha value is -3.93. The third kappa shape index (κ3) is 5.32. The van der Waals surface area contributed by atoms with E-state index in [4.69, 9.17) is 5.26 Å². The van der Waals surface area contributed by atoms with Gasteiger partial charge in [0.15, 0.2) is 0 Å². The van der Waals surface area contributed by atoms with Crippen LogP contribution in [0.3, 0.4) is 0 Å². The van der Waals surface area contributed by atoms with Crippen LogP contribution >= 0.6 is 0 Å². The number of ether oxygens (including phenoxy) is 1. The van der Waals surface area contributed by atoms with Crippen LogP contribution in [0.1, 0.15) is 17.0 Å². The number of hydrogen-bond acceptors (Lipinski definition) is 5. The Bertz CT molecular complexity index is 1090. The molecular weight excluding hydrogens is 397 g/mol. The number of aromatic nitrogens is 2. The molecule has 30 heavy (non-hydrogen) atoms. The summed E-state index contributed by atoms with van der Waals surface area (Å²) < 4.78 is 42.3. The smallest absolute Gasteiger partial charge is 0.405 e. The second-order valence-electron chi connectivity index (χ2n) is 6.05. The summed E-state index contributed by atoms with van der Waals surface area (Å²) in [6.07, 6.45) is -3.24. The van der Waals surface area contributed by atoms with Crippen LogP contribution in [-0.4, -0.2) is 28.8 Å². The zero-order valence-corrected chi connectivity index (χ0v) is 15.5. The van der Waals surface area contributed by atoms with E-state index in [0.29, 0.717) is 16.8 Å². The minimum atomic E-state index is -4.81. The van der Waals surface area contributed by atoms with E-state index in [1.165, 1.54) is 24.4 Å². The van der Waals surface area contributed by atoms with Crippen molar-refractivity contribution in [1.29, 1.82) is 5.26 Å². The van der Waals surface area contributed by atoms with Crippen molar-refractivity contribution >= 4 is 5.91 Å². The first-order valence-electron chi connectivity index (χ1n) is 8.81. The van der Waals surface area contributed by atoms with E-state index in [1.54, 1.807) is 36.4 Å². The molecule has 3 rings (SSSR count). The van der Waals surface area contributed by atoms with Gasteiger partial charge in [0, 0.05) is 23.9 Å². The van der Waals surface area contributed by atoms with E-state index >= 15 is 0 Å². The average Bonchev–Trinajstić information content (AvgIpc) is 2.73. The Morgan fingerprint density at radius 2 is 1.87 bits per heavy atom. The maximum absolute atomic E-state index is 12.7. The zero-order chi connectivity index (χ0) is 21.6. The molecule has 1 heterocycles. The molecule has 0 aliphatic heterocycles. The Morgan fingerprint density at radius 1 is 1.10 bits per heavy atom. The maximum atomic E-state index is 12.7. The van der Waals surface area contributed by atoms with Gasteiger partial charge in [-0.1, -0.05) is 36.4 Å². The summed E-state index contributed by atoms with van der Waals surface area (Å²) in [5, 5.41) is 11.1. The Labute approximate surface area is 170 Å². The second-order valence-corrected chi connectivity index (χ2v) is 6.05. The number of nitriles is 1.